The first-order valence-electron chi connectivity index (χ1n) is 7.79. The number of nitrogens with zero attached hydrogens (tertiary/aromatic N) is 1. The van der Waals surface area contributed by atoms with Gasteiger partial charge in [0.05, 0.1) is 26.7 Å². The van der Waals surface area contributed by atoms with Gasteiger partial charge >= 0.3 is 5.97 Å². The molecular formula is C19H12Cl2N2O4S. The number of nitrogens with one attached hydrogen (secondary N) is 1. The van der Waals surface area contributed by atoms with E-state index in [1.165, 1.54) is 41.8 Å². The van der Waals surface area contributed by atoms with E-state index >= 15 is 0 Å². The van der Waals surface area contributed by atoms with Gasteiger partial charge in [-0.05, 0) is 42.0 Å². The Hall–Kier alpha value is -2.87. The maximum absolute atomic E-state index is 12.0. The van der Waals surface area contributed by atoms with Gasteiger partial charge in [-0.25, -0.2) is 10.2 Å². The van der Waals surface area contributed by atoms with Crippen LogP contribution in [0.2, 0.25) is 10.0 Å². The van der Waals surface area contributed by atoms with E-state index in [4.69, 9.17) is 28.3 Å². The summed E-state index contributed by atoms with van der Waals surface area (Å²) in [6.45, 7) is 0. The molecule has 3 aromatic rings. The number of carboxylic acids is 1. The zero-order chi connectivity index (χ0) is 20.3. The van der Waals surface area contributed by atoms with Gasteiger partial charge in [0.15, 0.2) is 0 Å². The number of hydrazone groups is 1. The fourth-order valence-electron chi connectivity index (χ4n) is 2.29. The molecule has 1 aromatic heterocycles. The Labute approximate surface area is 173 Å². The van der Waals surface area contributed by atoms with Crippen LogP contribution in [-0.2, 0) is 0 Å². The molecule has 6 nitrogen and oxygen atoms in total. The van der Waals surface area contributed by atoms with Gasteiger partial charge in [0, 0.05) is 16.5 Å². The van der Waals surface area contributed by atoms with Gasteiger partial charge in [0.1, 0.15) is 5.75 Å². The molecule has 0 aliphatic rings. The number of hydrogen-bond donors (Lipinski definition) is 3. The highest BCUT2D eigenvalue weighted by molar-refractivity contribution is 7.14. The van der Waals surface area contributed by atoms with Crippen molar-refractivity contribution in [3.8, 4) is 16.2 Å². The quantitative estimate of drug-likeness (QED) is 0.393. The van der Waals surface area contributed by atoms with E-state index in [-0.39, 0.29) is 16.9 Å². The molecule has 0 saturated heterocycles. The third-order valence-corrected chi connectivity index (χ3v) is 5.51. The molecule has 0 radical (unpaired) electrons. The first-order valence-corrected chi connectivity index (χ1v) is 9.43. The van der Waals surface area contributed by atoms with Crippen molar-refractivity contribution in [3.63, 3.8) is 0 Å². The Morgan fingerprint density at radius 3 is 2.36 bits per heavy atom. The molecule has 3 N–H and O–H groups in total. The molecule has 9 heteroatoms. The highest BCUT2D eigenvalue weighted by Gasteiger charge is 2.13. The number of thiophene rings is 1. The lowest BCUT2D eigenvalue weighted by Gasteiger charge is -2.02. The molecule has 28 heavy (non-hydrogen) atoms. The number of halogens is 2. The second-order valence-electron chi connectivity index (χ2n) is 5.58. The normalized spacial score (nSPS) is 10.9. The van der Waals surface area contributed by atoms with Crippen LogP contribution in [0.3, 0.4) is 0 Å². The van der Waals surface area contributed by atoms with Crippen molar-refractivity contribution >= 4 is 52.6 Å². The van der Waals surface area contributed by atoms with Gasteiger partial charge in [-0.3, -0.25) is 4.79 Å². The maximum Gasteiger partial charge on any atom is 0.335 e. The zero-order valence-electron chi connectivity index (χ0n) is 14.0. The highest BCUT2D eigenvalue weighted by atomic mass is 35.5. The van der Waals surface area contributed by atoms with Gasteiger partial charge < -0.3 is 10.2 Å². The average Bonchev–Trinajstić information content (AvgIpc) is 3.04. The summed E-state index contributed by atoms with van der Waals surface area (Å²) in [6.07, 6.45) is 1.32. The topological polar surface area (TPSA) is 99.0 Å². The summed E-state index contributed by atoms with van der Waals surface area (Å²) >= 11 is 13.2. The lowest BCUT2D eigenvalue weighted by molar-refractivity contribution is 0.0696. The van der Waals surface area contributed by atoms with E-state index in [0.29, 0.717) is 26.0 Å². The summed E-state index contributed by atoms with van der Waals surface area (Å²) in [5.74, 6) is -1.57. The molecule has 2 aromatic carbocycles. The Morgan fingerprint density at radius 1 is 1.04 bits per heavy atom. The van der Waals surface area contributed by atoms with Crippen LogP contribution in [0.1, 0.15) is 26.3 Å². The van der Waals surface area contributed by atoms with Crippen LogP contribution in [0.5, 0.6) is 5.75 Å². The molecule has 1 amide bonds. The van der Waals surface area contributed by atoms with Crippen molar-refractivity contribution in [3.05, 3.63) is 74.6 Å². The average molecular weight is 435 g/mol. The molecule has 1 heterocycles. The van der Waals surface area contributed by atoms with Crippen molar-refractivity contribution in [2.75, 3.05) is 0 Å². The van der Waals surface area contributed by atoms with Crippen LogP contribution in [-0.4, -0.2) is 28.3 Å². The van der Waals surface area contributed by atoms with Gasteiger partial charge in [-0.2, -0.15) is 5.10 Å². The Morgan fingerprint density at radius 2 is 1.71 bits per heavy atom. The molecule has 0 unspecified atom stereocenters. The second-order valence-corrected chi connectivity index (χ2v) is 7.27. The fourth-order valence-corrected chi connectivity index (χ4v) is 3.50. The number of benzene rings is 2. The molecule has 0 atom stereocenters. The van der Waals surface area contributed by atoms with Crippen LogP contribution < -0.4 is 5.43 Å². The second kappa shape index (κ2) is 8.43. The first kappa shape index (κ1) is 19.9. The maximum atomic E-state index is 12.0. The molecule has 0 spiro atoms. The fraction of sp³-hybridized carbons (Fsp3) is 0. The Kier molecular flexibility index (Phi) is 5.99. The number of rotatable bonds is 5. The van der Waals surface area contributed by atoms with Crippen molar-refractivity contribution in [1.82, 2.24) is 5.43 Å². The third-order valence-electron chi connectivity index (χ3n) is 3.74. The summed E-state index contributed by atoms with van der Waals surface area (Å²) in [6, 6.07) is 10.5. The van der Waals surface area contributed by atoms with E-state index in [9.17, 15) is 14.7 Å². The van der Waals surface area contributed by atoms with Crippen LogP contribution in [0, 0.1) is 0 Å². The van der Waals surface area contributed by atoms with Crippen LogP contribution in [0.4, 0.5) is 0 Å². The van der Waals surface area contributed by atoms with E-state index in [1.54, 1.807) is 23.6 Å². The number of carboxylic acid groups (broad SMARTS) is 1. The summed E-state index contributed by atoms with van der Waals surface area (Å²) in [5.41, 5.74) is 3.80. The van der Waals surface area contributed by atoms with Gasteiger partial charge in [0.2, 0.25) is 0 Å². The summed E-state index contributed by atoms with van der Waals surface area (Å²) in [7, 11) is 0. The smallest absolute Gasteiger partial charge is 0.335 e. The van der Waals surface area contributed by atoms with Gasteiger partial charge in [0.25, 0.3) is 5.91 Å². The summed E-state index contributed by atoms with van der Waals surface area (Å²) in [4.78, 5) is 23.5. The van der Waals surface area contributed by atoms with Crippen molar-refractivity contribution in [2.24, 2.45) is 5.10 Å². The summed E-state index contributed by atoms with van der Waals surface area (Å²) in [5, 5.41) is 25.6. The monoisotopic (exact) mass is 434 g/mol. The summed E-state index contributed by atoms with van der Waals surface area (Å²) < 4.78 is 0. The minimum Gasteiger partial charge on any atom is -0.506 e. The number of carbonyl (C=O) groups excluding carboxylic acids is 1. The third kappa shape index (κ3) is 4.33. The van der Waals surface area contributed by atoms with Crippen molar-refractivity contribution in [1.29, 1.82) is 0 Å². The Bertz CT molecular complexity index is 1080. The van der Waals surface area contributed by atoms with Gasteiger partial charge in [-0.1, -0.05) is 29.3 Å². The van der Waals surface area contributed by atoms with Crippen molar-refractivity contribution in [2.45, 2.75) is 0 Å². The van der Waals surface area contributed by atoms with Crippen LogP contribution >= 0.6 is 34.5 Å². The predicted octanol–water partition coefficient (Wildman–Crippen LogP) is 4.89. The standard InChI is InChI=1S/C19H12Cl2N2O4S/c20-14-6-5-12(7-15(14)21)17-16(24)13(9-28-17)8-22-23-18(25)10-1-3-11(4-2-10)19(26)27/h1-9,24H,(H,23,25)(H,26,27)/b22-8+. The molecule has 0 aliphatic heterocycles. The lowest BCUT2D eigenvalue weighted by atomic mass is 10.1. The van der Waals surface area contributed by atoms with Crippen LogP contribution in [0.25, 0.3) is 10.4 Å². The Balaban J connectivity index is 1.71. The number of carbonyl (C=O) groups is 2. The number of amides is 1. The van der Waals surface area contributed by atoms with E-state index in [2.05, 4.69) is 10.5 Å². The lowest BCUT2D eigenvalue weighted by Crippen LogP contribution is -2.17. The van der Waals surface area contributed by atoms with E-state index < -0.39 is 11.9 Å². The molecule has 142 valence electrons. The zero-order valence-corrected chi connectivity index (χ0v) is 16.3. The highest BCUT2D eigenvalue weighted by Crippen LogP contribution is 2.39. The molecule has 0 saturated carbocycles. The minimum absolute atomic E-state index is 0.00667. The first-order chi connectivity index (χ1) is 13.4. The van der Waals surface area contributed by atoms with Crippen molar-refractivity contribution < 1.29 is 19.8 Å². The van der Waals surface area contributed by atoms with Gasteiger partial charge in [-0.15, -0.1) is 11.3 Å². The number of aromatic hydroxyl groups is 1. The molecular weight excluding hydrogens is 423 g/mol. The predicted molar refractivity (Wildman–Crippen MR) is 110 cm³/mol. The minimum atomic E-state index is -1.07. The van der Waals surface area contributed by atoms with E-state index in [1.807, 2.05) is 0 Å². The SMILES string of the molecule is O=C(O)c1ccc(C(=O)N/N=C/c2csc(-c3ccc(Cl)c(Cl)c3)c2O)cc1. The van der Waals surface area contributed by atoms with E-state index in [0.717, 1.165) is 0 Å². The number of aromatic carboxylic acids is 1. The molecule has 0 aliphatic carbocycles. The largest absolute Gasteiger partial charge is 0.506 e. The molecule has 0 fully saturated rings. The molecule has 0 bridgehead atoms. The van der Waals surface area contributed by atoms with Crippen LogP contribution in [0.15, 0.2) is 52.9 Å². The molecule has 3 rings (SSSR count). The number of hydrogen-bond acceptors (Lipinski definition) is 5.